The van der Waals surface area contributed by atoms with Crippen LogP contribution in [-0.2, 0) is 15.3 Å². The van der Waals surface area contributed by atoms with E-state index >= 15 is 0 Å². The van der Waals surface area contributed by atoms with Crippen LogP contribution in [0.25, 0.3) is 11.1 Å². The Bertz CT molecular complexity index is 1090. The second kappa shape index (κ2) is 6.57. The summed E-state index contributed by atoms with van der Waals surface area (Å²) < 4.78 is 26.4. The van der Waals surface area contributed by atoms with Gasteiger partial charge in [-0.1, -0.05) is 45.0 Å². The summed E-state index contributed by atoms with van der Waals surface area (Å²) >= 11 is 0. The molecule has 0 atom stereocenters. The Kier molecular flexibility index (Phi) is 4.59. The Morgan fingerprint density at radius 3 is 2.15 bits per heavy atom. The predicted octanol–water partition coefficient (Wildman–Crippen LogP) is 4.17. The molecule has 0 fully saturated rings. The maximum absolute atomic E-state index is 13.2. The number of H-pyrrole nitrogens is 1. The first kappa shape index (κ1) is 18.1. The minimum atomic E-state index is -3.75. The summed E-state index contributed by atoms with van der Waals surface area (Å²) in [6, 6.07) is 16.8. The van der Waals surface area contributed by atoms with Crippen LogP contribution in [0, 0.1) is 0 Å². The molecule has 3 rings (SSSR count). The van der Waals surface area contributed by atoms with Crippen LogP contribution in [0.3, 0.4) is 0 Å². The zero-order valence-corrected chi connectivity index (χ0v) is 15.8. The zero-order chi connectivity index (χ0) is 18.9. The molecule has 0 aliphatic rings. The van der Waals surface area contributed by atoms with Gasteiger partial charge < -0.3 is 4.98 Å². The number of rotatable bonds is 3. The van der Waals surface area contributed by atoms with E-state index in [0.29, 0.717) is 11.1 Å². The molecule has 0 saturated heterocycles. The highest BCUT2D eigenvalue weighted by atomic mass is 32.2. The minimum absolute atomic E-state index is 0.133. The van der Waals surface area contributed by atoms with E-state index in [4.69, 9.17) is 0 Å². The van der Waals surface area contributed by atoms with E-state index < -0.39 is 9.84 Å². The fourth-order valence-electron chi connectivity index (χ4n) is 2.80. The van der Waals surface area contributed by atoms with E-state index in [9.17, 15) is 13.2 Å². The van der Waals surface area contributed by atoms with Crippen LogP contribution < -0.4 is 5.56 Å². The summed E-state index contributed by atoms with van der Waals surface area (Å²) in [6.07, 6.45) is 1.53. The summed E-state index contributed by atoms with van der Waals surface area (Å²) in [4.78, 5) is 15.3. The Labute approximate surface area is 153 Å². The first-order valence-corrected chi connectivity index (χ1v) is 9.82. The van der Waals surface area contributed by atoms with E-state index in [1.807, 2.05) is 26.8 Å². The van der Waals surface area contributed by atoms with Gasteiger partial charge in [0.1, 0.15) is 0 Å². The molecule has 1 aromatic heterocycles. The van der Waals surface area contributed by atoms with Crippen molar-refractivity contribution >= 4 is 9.84 Å². The monoisotopic (exact) mass is 367 g/mol. The molecule has 3 aromatic rings. The number of sulfone groups is 1. The van der Waals surface area contributed by atoms with Crippen molar-refractivity contribution in [2.75, 3.05) is 0 Å². The third kappa shape index (κ3) is 3.35. The standard InChI is InChI=1S/C21H21NO3S/c1-21(2,3)15-11-12-19(26(24,25)16-8-5-4-6-9-16)18(14-15)17-10-7-13-22-20(17)23/h4-14H,1-3H3,(H,22,23). The molecule has 1 heterocycles. The lowest BCUT2D eigenvalue weighted by Crippen LogP contribution is -2.15. The molecule has 0 unspecified atom stereocenters. The van der Waals surface area contributed by atoms with Crippen LogP contribution in [0.5, 0.6) is 0 Å². The number of benzene rings is 2. The van der Waals surface area contributed by atoms with Crippen molar-refractivity contribution in [2.45, 2.75) is 36.0 Å². The van der Waals surface area contributed by atoms with E-state index in [0.717, 1.165) is 5.56 Å². The van der Waals surface area contributed by atoms with Crippen molar-refractivity contribution in [1.82, 2.24) is 4.98 Å². The molecule has 0 aliphatic heterocycles. The molecule has 4 nitrogen and oxygen atoms in total. The lowest BCUT2D eigenvalue weighted by Gasteiger charge is -2.21. The van der Waals surface area contributed by atoms with Gasteiger partial charge in [0, 0.05) is 17.3 Å². The summed E-state index contributed by atoms with van der Waals surface area (Å²) in [5.74, 6) is 0. The largest absolute Gasteiger partial charge is 0.329 e. The number of aromatic amines is 1. The third-order valence-corrected chi connectivity index (χ3v) is 6.12. The van der Waals surface area contributed by atoms with Gasteiger partial charge >= 0.3 is 0 Å². The highest BCUT2D eigenvalue weighted by Crippen LogP contribution is 2.34. The fraction of sp³-hybridized carbons (Fsp3) is 0.190. The van der Waals surface area contributed by atoms with Crippen LogP contribution in [-0.4, -0.2) is 13.4 Å². The van der Waals surface area contributed by atoms with Crippen LogP contribution in [0.4, 0.5) is 0 Å². The fourth-order valence-corrected chi connectivity index (χ4v) is 4.28. The molecule has 2 aromatic carbocycles. The number of hydrogen-bond donors (Lipinski definition) is 1. The molecule has 0 amide bonds. The quantitative estimate of drug-likeness (QED) is 0.755. The van der Waals surface area contributed by atoms with E-state index in [1.54, 1.807) is 54.6 Å². The van der Waals surface area contributed by atoms with Gasteiger partial charge in [-0.25, -0.2) is 8.42 Å². The third-order valence-electron chi connectivity index (χ3n) is 4.30. The average molecular weight is 367 g/mol. The topological polar surface area (TPSA) is 67.0 Å². The maximum atomic E-state index is 13.2. The number of pyridine rings is 1. The van der Waals surface area contributed by atoms with Gasteiger partial charge in [0.05, 0.1) is 9.79 Å². The Morgan fingerprint density at radius 2 is 1.54 bits per heavy atom. The van der Waals surface area contributed by atoms with Crippen molar-refractivity contribution in [3.8, 4) is 11.1 Å². The van der Waals surface area contributed by atoms with Crippen molar-refractivity contribution in [3.05, 3.63) is 82.8 Å². The molecular weight excluding hydrogens is 346 g/mol. The maximum Gasteiger partial charge on any atom is 0.255 e. The first-order valence-electron chi connectivity index (χ1n) is 8.34. The van der Waals surface area contributed by atoms with E-state index in [1.165, 1.54) is 6.20 Å². The summed E-state index contributed by atoms with van der Waals surface area (Å²) in [5, 5.41) is 0. The first-order chi connectivity index (χ1) is 12.2. The van der Waals surface area contributed by atoms with Gasteiger partial charge in [-0.3, -0.25) is 4.79 Å². The van der Waals surface area contributed by atoms with Gasteiger partial charge in [-0.05, 0) is 47.4 Å². The van der Waals surface area contributed by atoms with Gasteiger partial charge in [0.2, 0.25) is 9.84 Å². The van der Waals surface area contributed by atoms with Crippen molar-refractivity contribution in [2.24, 2.45) is 0 Å². The Morgan fingerprint density at radius 1 is 0.846 bits per heavy atom. The van der Waals surface area contributed by atoms with Crippen molar-refractivity contribution < 1.29 is 8.42 Å². The van der Waals surface area contributed by atoms with Crippen LogP contribution >= 0.6 is 0 Å². The number of aromatic nitrogens is 1. The Balaban J connectivity index is 2.33. The molecule has 0 bridgehead atoms. The summed E-state index contributed by atoms with van der Waals surface area (Å²) in [6.45, 7) is 6.14. The van der Waals surface area contributed by atoms with Crippen LogP contribution in [0.2, 0.25) is 0 Å². The van der Waals surface area contributed by atoms with Gasteiger partial charge in [0.25, 0.3) is 5.56 Å². The second-order valence-corrected chi connectivity index (χ2v) is 9.11. The molecular formula is C21H21NO3S. The SMILES string of the molecule is CC(C)(C)c1ccc(S(=O)(=O)c2ccccc2)c(-c2ccc[nH]c2=O)c1. The minimum Gasteiger partial charge on any atom is -0.329 e. The molecule has 0 saturated carbocycles. The number of hydrogen-bond acceptors (Lipinski definition) is 3. The van der Waals surface area contributed by atoms with Gasteiger partial charge in [-0.2, -0.15) is 0 Å². The van der Waals surface area contributed by atoms with Crippen molar-refractivity contribution in [1.29, 1.82) is 0 Å². The predicted molar refractivity (Wildman–Crippen MR) is 103 cm³/mol. The molecule has 0 aliphatic carbocycles. The lowest BCUT2D eigenvalue weighted by molar-refractivity contribution is 0.586. The highest BCUT2D eigenvalue weighted by Gasteiger charge is 2.25. The van der Waals surface area contributed by atoms with E-state index in [-0.39, 0.29) is 20.8 Å². The average Bonchev–Trinajstić information content (AvgIpc) is 2.61. The smallest absolute Gasteiger partial charge is 0.255 e. The van der Waals surface area contributed by atoms with E-state index in [2.05, 4.69) is 4.98 Å². The lowest BCUT2D eigenvalue weighted by atomic mass is 9.85. The molecule has 1 N–H and O–H groups in total. The van der Waals surface area contributed by atoms with Gasteiger partial charge in [0.15, 0.2) is 0 Å². The normalized spacial score (nSPS) is 12.1. The number of nitrogens with one attached hydrogen (secondary N) is 1. The van der Waals surface area contributed by atoms with Crippen LogP contribution in [0.1, 0.15) is 26.3 Å². The zero-order valence-electron chi connectivity index (χ0n) is 15.0. The van der Waals surface area contributed by atoms with Gasteiger partial charge in [-0.15, -0.1) is 0 Å². The molecule has 0 radical (unpaired) electrons. The molecule has 0 spiro atoms. The summed E-state index contributed by atoms with van der Waals surface area (Å²) in [7, 11) is -3.75. The molecule has 134 valence electrons. The summed E-state index contributed by atoms with van der Waals surface area (Å²) in [5.41, 5.74) is 1.23. The highest BCUT2D eigenvalue weighted by molar-refractivity contribution is 7.91. The second-order valence-electron chi connectivity index (χ2n) is 7.19. The van der Waals surface area contributed by atoms with Crippen LogP contribution in [0.15, 0.2) is 81.4 Å². The Hall–Kier alpha value is -2.66. The molecule has 5 heteroatoms. The molecule has 26 heavy (non-hydrogen) atoms. The van der Waals surface area contributed by atoms with Crippen molar-refractivity contribution in [3.63, 3.8) is 0 Å².